The predicted molar refractivity (Wildman–Crippen MR) is 101 cm³/mol. The molecular weight excluding hydrogens is 380 g/mol. The van der Waals surface area contributed by atoms with Gasteiger partial charge in [0.25, 0.3) is 0 Å². The van der Waals surface area contributed by atoms with Crippen molar-refractivity contribution in [2.45, 2.75) is 25.8 Å². The van der Waals surface area contributed by atoms with Crippen LogP contribution in [0.2, 0.25) is 0 Å². The second-order valence-electron chi connectivity index (χ2n) is 7.33. The number of esters is 1. The molecule has 2 fully saturated rings. The summed E-state index contributed by atoms with van der Waals surface area (Å²) in [5.41, 5.74) is 1.49. The molecule has 2 atom stereocenters. The summed E-state index contributed by atoms with van der Waals surface area (Å²) in [7, 11) is 0. The lowest BCUT2D eigenvalue weighted by Gasteiger charge is -2.19. The maximum absolute atomic E-state index is 12.3. The second-order valence-corrected chi connectivity index (χ2v) is 7.33. The van der Waals surface area contributed by atoms with Crippen LogP contribution in [0.25, 0.3) is 0 Å². The Bertz CT molecular complexity index is 793. The van der Waals surface area contributed by atoms with Gasteiger partial charge in [-0.25, -0.2) is 0 Å². The highest BCUT2D eigenvalue weighted by Gasteiger charge is 2.36. The quantitative estimate of drug-likeness (QED) is 0.475. The molecule has 29 heavy (non-hydrogen) atoms. The summed E-state index contributed by atoms with van der Waals surface area (Å²) in [6, 6.07) is 7.08. The fourth-order valence-corrected chi connectivity index (χ4v) is 3.56. The van der Waals surface area contributed by atoms with Gasteiger partial charge in [-0.2, -0.15) is 0 Å². The van der Waals surface area contributed by atoms with E-state index < -0.39 is 23.8 Å². The number of carbonyl (C=O) groups excluding carboxylic acids is 3. The maximum atomic E-state index is 12.3. The minimum absolute atomic E-state index is 0.0193. The molecule has 0 saturated carbocycles. The zero-order valence-corrected chi connectivity index (χ0v) is 16.0. The van der Waals surface area contributed by atoms with Crippen LogP contribution in [0.4, 0.5) is 5.69 Å². The normalized spacial score (nSPS) is 21.7. The number of aliphatic carboxylic acids is 1. The molecule has 2 amide bonds. The Hall–Kier alpha value is -2.94. The van der Waals surface area contributed by atoms with E-state index in [1.54, 1.807) is 24.3 Å². The Morgan fingerprint density at radius 1 is 1.03 bits per heavy atom. The summed E-state index contributed by atoms with van der Waals surface area (Å²) in [4.78, 5) is 50.4. The molecule has 3 rings (SSSR count). The van der Waals surface area contributed by atoms with Crippen molar-refractivity contribution in [3.63, 3.8) is 0 Å². The SMILES string of the molecule is O=C(O)C1CC(=O)N(Cc2ccc(N3CC(C(=O)OCCCO)CC3=O)cc2)C1. The third-order valence-electron chi connectivity index (χ3n) is 5.19. The Morgan fingerprint density at radius 2 is 1.72 bits per heavy atom. The van der Waals surface area contributed by atoms with Crippen LogP contribution in [0.1, 0.15) is 24.8 Å². The topological polar surface area (TPSA) is 124 Å². The molecule has 2 aliphatic heterocycles. The summed E-state index contributed by atoms with van der Waals surface area (Å²) in [5.74, 6) is -2.95. The summed E-state index contributed by atoms with van der Waals surface area (Å²) in [5, 5.41) is 17.8. The Labute approximate surface area is 167 Å². The van der Waals surface area contributed by atoms with Crippen molar-refractivity contribution in [2.24, 2.45) is 11.8 Å². The lowest BCUT2D eigenvalue weighted by Crippen LogP contribution is -2.27. The largest absolute Gasteiger partial charge is 0.481 e. The third-order valence-corrected chi connectivity index (χ3v) is 5.19. The Kier molecular flexibility index (Phi) is 6.48. The van der Waals surface area contributed by atoms with Gasteiger partial charge in [0.2, 0.25) is 11.8 Å². The standard InChI is InChI=1S/C20H24N2O7/c23-6-1-7-29-20(28)15-9-18(25)22(12-15)16-4-2-13(3-5-16)10-21-11-14(19(26)27)8-17(21)24/h2-5,14-15,23H,1,6-12H2,(H,26,27). The molecule has 0 aliphatic carbocycles. The van der Waals surface area contributed by atoms with E-state index in [0.717, 1.165) is 5.56 Å². The van der Waals surface area contributed by atoms with Gasteiger partial charge in [0.15, 0.2) is 0 Å². The number of hydrogen-bond donors (Lipinski definition) is 2. The molecular formula is C20H24N2O7. The zero-order valence-electron chi connectivity index (χ0n) is 16.0. The number of nitrogens with zero attached hydrogens (tertiary/aromatic N) is 2. The second kappa shape index (κ2) is 9.04. The molecule has 0 bridgehead atoms. The first-order valence-electron chi connectivity index (χ1n) is 9.56. The average Bonchev–Trinajstić information content (AvgIpc) is 3.26. The summed E-state index contributed by atoms with van der Waals surface area (Å²) < 4.78 is 5.07. The molecule has 0 aromatic heterocycles. The van der Waals surface area contributed by atoms with E-state index in [0.29, 0.717) is 18.7 Å². The smallest absolute Gasteiger partial charge is 0.311 e. The van der Waals surface area contributed by atoms with Crippen molar-refractivity contribution in [3.05, 3.63) is 29.8 Å². The van der Waals surface area contributed by atoms with E-state index in [1.165, 1.54) is 9.80 Å². The number of amides is 2. The van der Waals surface area contributed by atoms with Crippen molar-refractivity contribution in [1.82, 2.24) is 4.90 Å². The van der Waals surface area contributed by atoms with Gasteiger partial charge in [-0.1, -0.05) is 12.1 Å². The first-order valence-corrected chi connectivity index (χ1v) is 9.56. The predicted octanol–water partition coefficient (Wildman–Crippen LogP) is 0.398. The van der Waals surface area contributed by atoms with Crippen molar-refractivity contribution in [3.8, 4) is 0 Å². The number of ether oxygens (including phenoxy) is 1. The molecule has 156 valence electrons. The number of anilines is 1. The van der Waals surface area contributed by atoms with Gasteiger partial charge in [-0.05, 0) is 17.7 Å². The van der Waals surface area contributed by atoms with Gasteiger partial charge in [0, 0.05) is 51.2 Å². The minimum atomic E-state index is -0.965. The molecule has 1 aromatic carbocycles. The highest BCUT2D eigenvalue weighted by Crippen LogP contribution is 2.27. The van der Waals surface area contributed by atoms with Crippen LogP contribution in [0.15, 0.2) is 24.3 Å². The van der Waals surface area contributed by atoms with E-state index in [-0.39, 0.29) is 51.0 Å². The van der Waals surface area contributed by atoms with Crippen molar-refractivity contribution in [1.29, 1.82) is 0 Å². The lowest BCUT2D eigenvalue weighted by molar-refractivity contribution is -0.148. The third kappa shape index (κ3) is 4.92. The van der Waals surface area contributed by atoms with Crippen molar-refractivity contribution in [2.75, 3.05) is 31.2 Å². The molecule has 0 spiro atoms. The molecule has 2 aliphatic rings. The van der Waals surface area contributed by atoms with E-state index in [4.69, 9.17) is 14.9 Å². The monoisotopic (exact) mass is 404 g/mol. The Morgan fingerprint density at radius 3 is 2.34 bits per heavy atom. The number of benzene rings is 1. The molecule has 2 N–H and O–H groups in total. The fourth-order valence-electron chi connectivity index (χ4n) is 3.56. The summed E-state index contributed by atoms with van der Waals surface area (Å²) in [6.45, 7) is 0.820. The van der Waals surface area contributed by atoms with E-state index >= 15 is 0 Å². The Balaban J connectivity index is 1.57. The van der Waals surface area contributed by atoms with Gasteiger partial charge in [0.1, 0.15) is 0 Å². The van der Waals surface area contributed by atoms with Crippen molar-refractivity contribution < 1.29 is 34.1 Å². The summed E-state index contributed by atoms with van der Waals surface area (Å²) >= 11 is 0. The van der Waals surface area contributed by atoms with Crippen LogP contribution in [0.3, 0.4) is 0 Å². The van der Waals surface area contributed by atoms with Gasteiger partial charge in [0.05, 0.1) is 18.4 Å². The molecule has 2 unspecified atom stereocenters. The molecule has 0 radical (unpaired) electrons. The van der Waals surface area contributed by atoms with E-state index in [2.05, 4.69) is 0 Å². The van der Waals surface area contributed by atoms with Gasteiger partial charge in [-0.15, -0.1) is 0 Å². The average molecular weight is 404 g/mol. The highest BCUT2D eigenvalue weighted by molar-refractivity contribution is 5.99. The minimum Gasteiger partial charge on any atom is -0.481 e. The number of carboxylic acid groups (broad SMARTS) is 1. The van der Waals surface area contributed by atoms with Crippen LogP contribution in [-0.4, -0.2) is 65.2 Å². The number of carbonyl (C=O) groups is 4. The first kappa shape index (κ1) is 20.8. The van der Waals surface area contributed by atoms with E-state index in [9.17, 15) is 19.2 Å². The van der Waals surface area contributed by atoms with Crippen LogP contribution in [-0.2, 0) is 30.5 Å². The number of likely N-dealkylation sites (tertiary alicyclic amines) is 1. The molecule has 9 nitrogen and oxygen atoms in total. The van der Waals surface area contributed by atoms with E-state index in [1.807, 2.05) is 0 Å². The number of rotatable bonds is 8. The maximum Gasteiger partial charge on any atom is 0.311 e. The number of aliphatic hydroxyl groups is 1. The number of hydrogen-bond acceptors (Lipinski definition) is 6. The summed E-state index contributed by atoms with van der Waals surface area (Å²) in [6.07, 6.45) is 0.467. The van der Waals surface area contributed by atoms with Crippen molar-refractivity contribution >= 4 is 29.4 Å². The van der Waals surface area contributed by atoms with Crippen LogP contribution in [0.5, 0.6) is 0 Å². The number of carboxylic acids is 1. The molecule has 2 heterocycles. The lowest BCUT2D eigenvalue weighted by atomic mass is 10.1. The first-order chi connectivity index (χ1) is 13.9. The van der Waals surface area contributed by atoms with Crippen LogP contribution < -0.4 is 4.90 Å². The molecule has 1 aromatic rings. The zero-order chi connectivity index (χ0) is 21.0. The fraction of sp³-hybridized carbons (Fsp3) is 0.500. The van der Waals surface area contributed by atoms with Gasteiger partial charge < -0.3 is 24.7 Å². The van der Waals surface area contributed by atoms with Gasteiger partial charge >= 0.3 is 11.9 Å². The number of aliphatic hydroxyl groups excluding tert-OH is 1. The molecule has 9 heteroatoms. The van der Waals surface area contributed by atoms with Crippen LogP contribution >= 0.6 is 0 Å². The van der Waals surface area contributed by atoms with Crippen LogP contribution in [0, 0.1) is 11.8 Å². The molecule has 2 saturated heterocycles. The highest BCUT2D eigenvalue weighted by atomic mass is 16.5. The van der Waals surface area contributed by atoms with Gasteiger partial charge in [-0.3, -0.25) is 19.2 Å².